The monoisotopic (exact) mass is 598 g/mol. The Bertz CT molecular complexity index is 1330. The molecule has 0 fully saturated rings. The quantitative estimate of drug-likeness (QED) is 0.281. The summed E-state index contributed by atoms with van der Waals surface area (Å²) in [6.07, 6.45) is -0.108. The summed E-state index contributed by atoms with van der Waals surface area (Å²) in [5.74, 6) is -0.0871. The fourth-order valence-electron chi connectivity index (χ4n) is 4.65. The molecule has 1 amide bonds. The van der Waals surface area contributed by atoms with Gasteiger partial charge in [-0.05, 0) is 63.0 Å². The second kappa shape index (κ2) is 14.0. The third-order valence-corrected chi connectivity index (χ3v) is 7.43. The van der Waals surface area contributed by atoms with Gasteiger partial charge in [-0.2, -0.15) is 21.1 Å². The largest absolute Gasteiger partial charge is 0.366 e. The van der Waals surface area contributed by atoms with Crippen LogP contribution in [0.4, 0.5) is 5.69 Å². The molecule has 0 aliphatic rings. The van der Waals surface area contributed by atoms with Crippen LogP contribution in [0.1, 0.15) is 132 Å². The number of amides is 1. The Morgan fingerprint density at radius 2 is 1.07 bits per heavy atom. The van der Waals surface area contributed by atoms with Crippen LogP contribution < -0.4 is 9.44 Å². The fourth-order valence-corrected chi connectivity index (χ4v) is 5.41. The van der Waals surface area contributed by atoms with Gasteiger partial charge in [0.05, 0.1) is 12.1 Å². The van der Waals surface area contributed by atoms with Crippen LogP contribution in [0.3, 0.4) is 0 Å². The van der Waals surface area contributed by atoms with E-state index in [1.165, 1.54) is 5.56 Å². The number of carbonyl (C=O) groups is 1. The molecule has 0 spiro atoms. The maximum Gasteiger partial charge on any atom is 0.366 e. The van der Waals surface area contributed by atoms with E-state index in [1.54, 1.807) is 0 Å². The molecule has 2 aromatic rings. The Balaban J connectivity index is 0.00000146. The van der Waals surface area contributed by atoms with Gasteiger partial charge >= 0.3 is 20.6 Å². The number of para-hydroxylation sites is 1. The fraction of sp³-hybridized carbons (Fsp3) is 0.552. The summed E-state index contributed by atoms with van der Waals surface area (Å²) in [5, 5.41) is 3.88. The van der Waals surface area contributed by atoms with Gasteiger partial charge in [-0.25, -0.2) is 5.14 Å². The summed E-state index contributed by atoms with van der Waals surface area (Å²) < 4.78 is 61.7. The van der Waals surface area contributed by atoms with Crippen molar-refractivity contribution in [3.8, 4) is 0 Å². The number of nitrogens with zero attached hydrogens (tertiary/aromatic N) is 1. The minimum Gasteiger partial charge on any atom is -0.274 e. The van der Waals surface area contributed by atoms with Crippen molar-refractivity contribution in [3.63, 3.8) is 0 Å². The first kappa shape index (κ1) is 35.7. The Kier molecular flexibility index (Phi) is 12.5. The van der Waals surface area contributed by atoms with Crippen LogP contribution in [-0.2, 0) is 31.8 Å². The van der Waals surface area contributed by atoms with Gasteiger partial charge in [0.25, 0.3) is 0 Å². The van der Waals surface area contributed by atoms with Gasteiger partial charge < -0.3 is 0 Å². The average Bonchev–Trinajstić information content (AvgIpc) is 2.76. The van der Waals surface area contributed by atoms with Gasteiger partial charge in [-0.15, -0.1) is 0 Å². The van der Waals surface area contributed by atoms with Crippen LogP contribution in [-0.4, -0.2) is 31.8 Å². The van der Waals surface area contributed by atoms with Crippen molar-refractivity contribution in [3.05, 3.63) is 63.7 Å². The molecular formula is C29H46N2O7S2. The van der Waals surface area contributed by atoms with E-state index in [1.807, 2.05) is 45.9 Å². The highest BCUT2D eigenvalue weighted by molar-refractivity contribution is 7.88. The topological polar surface area (TPSA) is 155 Å². The summed E-state index contributed by atoms with van der Waals surface area (Å²) in [6.45, 7) is 20.4. The molecule has 0 radical (unpaired) electrons. The molecule has 0 unspecified atom stereocenters. The van der Waals surface area contributed by atoms with E-state index in [9.17, 15) is 17.8 Å². The zero-order chi connectivity index (χ0) is 31.3. The molecule has 226 valence electrons. The van der Waals surface area contributed by atoms with Crippen molar-refractivity contribution < 1.29 is 30.7 Å². The number of hydrogen-bond donors (Lipinski definition) is 3. The van der Waals surface area contributed by atoms with Crippen LogP contribution >= 0.6 is 0 Å². The van der Waals surface area contributed by atoms with Gasteiger partial charge in [0.15, 0.2) is 0 Å². The first-order valence-electron chi connectivity index (χ1n) is 13.4. The Morgan fingerprint density at radius 3 is 1.35 bits per heavy atom. The molecule has 11 heteroatoms. The predicted molar refractivity (Wildman–Crippen MR) is 162 cm³/mol. The van der Waals surface area contributed by atoms with Crippen LogP contribution in [0.25, 0.3) is 0 Å². The van der Waals surface area contributed by atoms with Crippen molar-refractivity contribution in [1.82, 2.24) is 0 Å². The normalized spacial score (nSPS) is 12.3. The molecule has 0 atom stereocenters. The lowest BCUT2D eigenvalue weighted by Crippen LogP contribution is -2.39. The number of hydrogen-bond acceptors (Lipinski definition) is 5. The van der Waals surface area contributed by atoms with Gasteiger partial charge in [0, 0.05) is 0 Å². The maximum atomic E-state index is 13.9. The van der Waals surface area contributed by atoms with Gasteiger partial charge in [-0.1, -0.05) is 99.6 Å². The first-order valence-corrected chi connectivity index (χ1v) is 16.3. The Morgan fingerprint density at radius 1 is 0.725 bits per heavy atom. The van der Waals surface area contributed by atoms with Crippen molar-refractivity contribution >= 4 is 32.2 Å². The number of anilines is 1. The van der Waals surface area contributed by atoms with Crippen LogP contribution in [0, 0.1) is 0 Å². The minimum absolute atomic E-state index is 0.0384. The van der Waals surface area contributed by atoms with Gasteiger partial charge in [-0.3, -0.25) is 13.9 Å². The summed E-state index contributed by atoms with van der Waals surface area (Å²) in [5.41, 5.74) is 5.85. The van der Waals surface area contributed by atoms with E-state index in [0.717, 1.165) is 16.7 Å². The molecule has 2 aromatic carbocycles. The Hall–Kier alpha value is -2.31. The van der Waals surface area contributed by atoms with Crippen LogP contribution in [0.15, 0.2) is 30.3 Å². The van der Waals surface area contributed by atoms with Crippen molar-refractivity contribution in [2.75, 3.05) is 4.31 Å². The summed E-state index contributed by atoms with van der Waals surface area (Å²) in [4.78, 5) is 13.9. The molecule has 0 aliphatic carbocycles. The number of nitrogens with two attached hydrogens (primary N) is 1. The zero-order valence-electron chi connectivity index (χ0n) is 25.3. The molecule has 0 saturated heterocycles. The molecule has 0 bridgehead atoms. The summed E-state index contributed by atoms with van der Waals surface area (Å²) >= 11 is 0. The van der Waals surface area contributed by atoms with E-state index in [-0.39, 0.29) is 35.8 Å². The smallest absolute Gasteiger partial charge is 0.274 e. The molecule has 40 heavy (non-hydrogen) atoms. The highest BCUT2D eigenvalue weighted by Crippen LogP contribution is 2.38. The molecule has 0 saturated carbocycles. The van der Waals surface area contributed by atoms with Crippen LogP contribution in [0.5, 0.6) is 0 Å². The molecule has 0 aromatic heterocycles. The number of rotatable bonds is 9. The molecule has 0 heterocycles. The second-order valence-corrected chi connectivity index (χ2v) is 13.9. The van der Waals surface area contributed by atoms with E-state index in [2.05, 4.69) is 58.8 Å². The lowest BCUT2D eigenvalue weighted by molar-refractivity contribution is -0.116. The summed E-state index contributed by atoms with van der Waals surface area (Å²) in [7, 11) is -9.02. The molecule has 4 N–H and O–H groups in total. The summed E-state index contributed by atoms with van der Waals surface area (Å²) in [6, 6.07) is 9.81. The molecular weight excluding hydrogens is 552 g/mol. The van der Waals surface area contributed by atoms with Crippen molar-refractivity contribution in [2.24, 2.45) is 5.14 Å². The average molecular weight is 599 g/mol. The van der Waals surface area contributed by atoms with E-state index in [0.29, 0.717) is 21.4 Å². The highest BCUT2D eigenvalue weighted by Gasteiger charge is 2.34. The van der Waals surface area contributed by atoms with Crippen LogP contribution in [0.2, 0.25) is 0 Å². The SMILES string of the molecule is CC(C)c1cc(C(C)C)c(CC(=O)N(c2c(C(C)C)cccc2C(C)C)S(=O)(=O)O)c(C(C)C)c1.NS(=O)(=O)O. The molecule has 0 aliphatic heterocycles. The molecule has 2 rings (SSSR count). The third-order valence-electron chi connectivity index (χ3n) is 6.58. The van der Waals surface area contributed by atoms with Crippen molar-refractivity contribution in [2.45, 2.75) is 105 Å². The molecule has 9 nitrogen and oxygen atoms in total. The zero-order valence-corrected chi connectivity index (χ0v) is 26.9. The lowest BCUT2D eigenvalue weighted by atomic mass is 9.83. The van der Waals surface area contributed by atoms with Gasteiger partial charge in [0.1, 0.15) is 0 Å². The maximum absolute atomic E-state index is 13.9. The highest BCUT2D eigenvalue weighted by atomic mass is 32.2. The second-order valence-electron chi connectivity index (χ2n) is 11.6. The van der Waals surface area contributed by atoms with Crippen molar-refractivity contribution in [1.29, 1.82) is 0 Å². The van der Waals surface area contributed by atoms with Gasteiger partial charge in [0.2, 0.25) is 5.91 Å². The van der Waals surface area contributed by atoms with E-state index in [4.69, 9.17) is 13.0 Å². The first-order chi connectivity index (χ1) is 18.1. The predicted octanol–water partition coefficient (Wildman–Crippen LogP) is 6.43. The standard InChI is InChI=1S/C29H43NO4S.H3NO3S/c1-17(2)22-14-25(20(7)8)27(26(15-22)21(9)10)16-28(31)30(35(32,33)34)29-23(18(3)4)12-11-13-24(29)19(5)6;1-5(2,3)4/h11-15,17-21H,16H2,1-10H3,(H,32,33,34);(H3,1,2,3,4). The minimum atomic E-state index is -4.85. The third kappa shape index (κ3) is 9.95. The number of carbonyl (C=O) groups excluding carboxylic acids is 1. The number of benzene rings is 2. The van der Waals surface area contributed by atoms with E-state index < -0.39 is 26.5 Å². The van der Waals surface area contributed by atoms with E-state index >= 15 is 0 Å². The Labute approximate surface area is 240 Å². The lowest BCUT2D eigenvalue weighted by Gasteiger charge is -2.29.